The van der Waals surface area contributed by atoms with Crippen LogP contribution in [0.3, 0.4) is 0 Å². The molecule has 126 valence electrons. The van der Waals surface area contributed by atoms with Crippen LogP contribution < -0.4 is 15.4 Å². The Balaban J connectivity index is 0.00000441. The number of pyridine rings is 1. The fourth-order valence-electron chi connectivity index (χ4n) is 1.90. The number of ether oxygens (including phenoxy) is 1. The first-order valence-electron chi connectivity index (χ1n) is 7.81. The molecule has 0 radical (unpaired) electrons. The van der Waals surface area contributed by atoms with E-state index in [1.807, 2.05) is 12.1 Å². The molecule has 0 saturated carbocycles. The first-order valence-corrected chi connectivity index (χ1v) is 7.81. The Morgan fingerprint density at radius 1 is 1.18 bits per heavy atom. The van der Waals surface area contributed by atoms with Crippen molar-refractivity contribution in [1.82, 2.24) is 15.6 Å². The number of guanidine groups is 1. The zero-order chi connectivity index (χ0) is 15.3. The minimum Gasteiger partial charge on any atom is -0.481 e. The van der Waals surface area contributed by atoms with Gasteiger partial charge in [-0.05, 0) is 18.9 Å². The van der Waals surface area contributed by atoms with Crippen molar-refractivity contribution in [2.45, 2.75) is 46.1 Å². The highest BCUT2D eigenvalue weighted by molar-refractivity contribution is 14.0. The average Bonchev–Trinajstić information content (AvgIpc) is 2.52. The van der Waals surface area contributed by atoms with Gasteiger partial charge in [-0.2, -0.15) is 0 Å². The number of methoxy groups -OCH3 is 1. The Labute approximate surface area is 151 Å². The summed E-state index contributed by atoms with van der Waals surface area (Å²) in [5, 5.41) is 6.63. The summed E-state index contributed by atoms with van der Waals surface area (Å²) in [5.41, 5.74) is 1.07. The Hall–Kier alpha value is -1.05. The lowest BCUT2D eigenvalue weighted by molar-refractivity contribution is 0.397. The first-order chi connectivity index (χ1) is 10.3. The van der Waals surface area contributed by atoms with Crippen LogP contribution in [0, 0.1) is 0 Å². The van der Waals surface area contributed by atoms with Gasteiger partial charge in [0.25, 0.3) is 0 Å². The maximum Gasteiger partial charge on any atom is 0.212 e. The third-order valence-electron chi connectivity index (χ3n) is 3.09. The Morgan fingerprint density at radius 2 is 2.00 bits per heavy atom. The molecule has 1 aromatic heterocycles. The van der Waals surface area contributed by atoms with Crippen molar-refractivity contribution in [2.24, 2.45) is 4.99 Å². The number of aromatic nitrogens is 1. The van der Waals surface area contributed by atoms with Crippen LogP contribution in [-0.2, 0) is 6.54 Å². The van der Waals surface area contributed by atoms with Gasteiger partial charge in [0, 0.05) is 25.4 Å². The second-order valence-corrected chi connectivity index (χ2v) is 4.89. The van der Waals surface area contributed by atoms with E-state index in [-0.39, 0.29) is 24.0 Å². The molecule has 0 aliphatic carbocycles. The molecule has 22 heavy (non-hydrogen) atoms. The molecule has 0 aliphatic rings. The molecule has 0 aliphatic heterocycles. The first kappa shape index (κ1) is 20.9. The van der Waals surface area contributed by atoms with Gasteiger partial charge in [0.05, 0.1) is 13.7 Å². The van der Waals surface area contributed by atoms with E-state index in [0.717, 1.165) is 24.6 Å². The van der Waals surface area contributed by atoms with Crippen LogP contribution in [-0.4, -0.2) is 31.1 Å². The van der Waals surface area contributed by atoms with Crippen molar-refractivity contribution < 1.29 is 4.74 Å². The van der Waals surface area contributed by atoms with Gasteiger partial charge in [0.2, 0.25) is 5.88 Å². The lowest BCUT2D eigenvalue weighted by atomic mass is 10.2. The van der Waals surface area contributed by atoms with Crippen LogP contribution in [0.25, 0.3) is 0 Å². The van der Waals surface area contributed by atoms with Gasteiger partial charge in [0.15, 0.2) is 5.96 Å². The smallest absolute Gasteiger partial charge is 0.212 e. The number of aliphatic imine (C=N–C) groups is 1. The molecule has 0 fully saturated rings. The van der Waals surface area contributed by atoms with Crippen molar-refractivity contribution in [2.75, 3.05) is 20.2 Å². The van der Waals surface area contributed by atoms with E-state index >= 15 is 0 Å². The van der Waals surface area contributed by atoms with Gasteiger partial charge in [-0.15, -0.1) is 24.0 Å². The molecular formula is C16H29IN4O. The van der Waals surface area contributed by atoms with Gasteiger partial charge in [-0.3, -0.25) is 0 Å². The molecule has 2 N–H and O–H groups in total. The fourth-order valence-corrected chi connectivity index (χ4v) is 1.90. The highest BCUT2D eigenvalue weighted by Gasteiger charge is 1.98. The van der Waals surface area contributed by atoms with Crippen LogP contribution in [0.4, 0.5) is 0 Å². The normalized spacial score (nSPS) is 10.8. The largest absolute Gasteiger partial charge is 0.481 e. The Morgan fingerprint density at radius 3 is 2.59 bits per heavy atom. The monoisotopic (exact) mass is 420 g/mol. The lowest BCUT2D eigenvalue weighted by Gasteiger charge is -2.11. The van der Waals surface area contributed by atoms with Gasteiger partial charge in [-0.1, -0.05) is 32.3 Å². The third kappa shape index (κ3) is 9.07. The summed E-state index contributed by atoms with van der Waals surface area (Å²) in [6.45, 7) is 6.74. The molecular weight excluding hydrogens is 391 g/mol. The van der Waals surface area contributed by atoms with E-state index in [1.54, 1.807) is 13.3 Å². The van der Waals surface area contributed by atoms with Crippen molar-refractivity contribution in [1.29, 1.82) is 0 Å². The number of halogens is 1. The summed E-state index contributed by atoms with van der Waals surface area (Å²) in [7, 11) is 1.62. The summed E-state index contributed by atoms with van der Waals surface area (Å²) in [5.74, 6) is 1.49. The molecule has 1 heterocycles. The summed E-state index contributed by atoms with van der Waals surface area (Å²) in [6, 6.07) is 3.84. The highest BCUT2D eigenvalue weighted by atomic mass is 127. The second-order valence-electron chi connectivity index (χ2n) is 4.89. The second kappa shape index (κ2) is 13.6. The molecule has 0 saturated heterocycles. The van der Waals surface area contributed by atoms with Crippen molar-refractivity contribution in [3.63, 3.8) is 0 Å². The molecule has 0 bridgehead atoms. The van der Waals surface area contributed by atoms with E-state index in [4.69, 9.17) is 4.74 Å². The Kier molecular flexibility index (Phi) is 13.0. The van der Waals surface area contributed by atoms with Crippen LogP contribution in [0.5, 0.6) is 5.88 Å². The van der Waals surface area contributed by atoms with E-state index in [0.29, 0.717) is 12.4 Å². The summed E-state index contributed by atoms with van der Waals surface area (Å²) < 4.78 is 5.05. The zero-order valence-electron chi connectivity index (χ0n) is 13.9. The minimum atomic E-state index is 0. The summed E-state index contributed by atoms with van der Waals surface area (Å²) in [4.78, 5) is 8.76. The summed E-state index contributed by atoms with van der Waals surface area (Å²) >= 11 is 0. The zero-order valence-corrected chi connectivity index (χ0v) is 16.2. The highest BCUT2D eigenvalue weighted by Crippen LogP contribution is 2.07. The number of nitrogens with zero attached hydrogens (tertiary/aromatic N) is 2. The topological polar surface area (TPSA) is 58.5 Å². The van der Waals surface area contributed by atoms with Gasteiger partial charge in [0.1, 0.15) is 0 Å². The van der Waals surface area contributed by atoms with Gasteiger partial charge >= 0.3 is 0 Å². The fraction of sp³-hybridized carbons (Fsp3) is 0.625. The summed E-state index contributed by atoms with van der Waals surface area (Å²) in [6.07, 6.45) is 6.81. The number of nitrogens with one attached hydrogen (secondary N) is 2. The number of hydrogen-bond donors (Lipinski definition) is 2. The predicted octanol–water partition coefficient (Wildman–Crippen LogP) is 3.34. The number of unbranched alkanes of at least 4 members (excludes halogenated alkanes) is 3. The molecule has 6 heteroatoms. The minimum absolute atomic E-state index is 0. The number of hydrogen-bond acceptors (Lipinski definition) is 3. The third-order valence-corrected chi connectivity index (χ3v) is 3.09. The van der Waals surface area contributed by atoms with Crippen LogP contribution in [0.15, 0.2) is 23.3 Å². The van der Waals surface area contributed by atoms with E-state index in [9.17, 15) is 0 Å². The van der Waals surface area contributed by atoms with Gasteiger partial charge < -0.3 is 15.4 Å². The van der Waals surface area contributed by atoms with Crippen molar-refractivity contribution >= 4 is 29.9 Å². The molecule has 0 unspecified atom stereocenters. The van der Waals surface area contributed by atoms with Gasteiger partial charge in [-0.25, -0.2) is 9.98 Å². The van der Waals surface area contributed by atoms with Crippen LogP contribution in [0.2, 0.25) is 0 Å². The molecule has 0 amide bonds. The SMILES string of the molecule is CCCCCCNC(=NCc1ccc(OC)nc1)NCC.I. The number of rotatable bonds is 9. The molecule has 0 atom stereocenters. The molecule has 0 spiro atoms. The molecule has 1 rings (SSSR count). The average molecular weight is 420 g/mol. The van der Waals surface area contributed by atoms with Crippen molar-refractivity contribution in [3.8, 4) is 5.88 Å². The van der Waals surface area contributed by atoms with Crippen LogP contribution >= 0.6 is 24.0 Å². The predicted molar refractivity (Wildman–Crippen MR) is 103 cm³/mol. The van der Waals surface area contributed by atoms with Crippen LogP contribution in [0.1, 0.15) is 45.1 Å². The lowest BCUT2D eigenvalue weighted by Crippen LogP contribution is -2.37. The van der Waals surface area contributed by atoms with E-state index in [1.165, 1.54) is 25.7 Å². The van der Waals surface area contributed by atoms with E-state index in [2.05, 4.69) is 34.5 Å². The maximum atomic E-state index is 5.05. The standard InChI is InChI=1S/C16H28N4O.HI/c1-4-6-7-8-11-18-16(17-5-2)20-13-14-9-10-15(21-3)19-12-14;/h9-10,12H,4-8,11,13H2,1-3H3,(H2,17,18,20);1H. The molecule has 1 aromatic rings. The quantitative estimate of drug-likeness (QED) is 0.279. The van der Waals surface area contributed by atoms with Crippen molar-refractivity contribution in [3.05, 3.63) is 23.9 Å². The Bertz CT molecular complexity index is 409. The maximum absolute atomic E-state index is 5.05. The van der Waals surface area contributed by atoms with E-state index < -0.39 is 0 Å². The molecule has 5 nitrogen and oxygen atoms in total. The molecule has 0 aromatic carbocycles.